The molecule has 0 spiro atoms. The molecule has 2 aromatic carbocycles. The van der Waals surface area contributed by atoms with Crippen LogP contribution in [-0.2, 0) is 21.6 Å². The maximum Gasteiger partial charge on any atom is 0.348 e. The Balaban J connectivity index is 1.29. The highest BCUT2D eigenvalue weighted by Gasteiger charge is 2.50. The summed E-state index contributed by atoms with van der Waals surface area (Å²) < 4.78 is 6.89. The van der Waals surface area contributed by atoms with Gasteiger partial charge in [-0.05, 0) is 29.5 Å². The summed E-state index contributed by atoms with van der Waals surface area (Å²) in [7, 11) is 2.23. The van der Waals surface area contributed by atoms with Crippen LogP contribution in [0, 0.1) is 0 Å². The van der Waals surface area contributed by atoms with Crippen molar-refractivity contribution < 1.29 is 19.1 Å². The first-order valence-corrected chi connectivity index (χ1v) is 11.7. The van der Waals surface area contributed by atoms with E-state index in [-0.39, 0.29) is 6.10 Å². The van der Waals surface area contributed by atoms with Gasteiger partial charge in [0.2, 0.25) is 5.60 Å². The third kappa shape index (κ3) is 4.05. The molecule has 2 unspecified atom stereocenters. The van der Waals surface area contributed by atoms with Crippen molar-refractivity contribution in [3.05, 3.63) is 83.9 Å². The number of rotatable bonds is 6. The predicted octanol–water partition coefficient (Wildman–Crippen LogP) is 3.48. The molecule has 0 saturated carbocycles. The van der Waals surface area contributed by atoms with Crippen LogP contribution in [0.1, 0.15) is 36.0 Å². The topological polar surface area (TPSA) is 72.3 Å². The van der Waals surface area contributed by atoms with Crippen LogP contribution in [0.15, 0.2) is 67.3 Å². The first-order valence-electron chi connectivity index (χ1n) is 11.7. The number of hydrogen-bond donors (Lipinski definition) is 1. The molecule has 0 bridgehead atoms. The second-order valence-electron chi connectivity index (χ2n) is 9.57. The van der Waals surface area contributed by atoms with Crippen LogP contribution >= 0.6 is 0 Å². The fourth-order valence-corrected chi connectivity index (χ4v) is 5.47. The number of esters is 1. The van der Waals surface area contributed by atoms with Gasteiger partial charge < -0.3 is 14.3 Å². The van der Waals surface area contributed by atoms with Crippen molar-refractivity contribution in [1.82, 2.24) is 9.97 Å². The lowest BCUT2D eigenvalue weighted by atomic mass is 9.91. The number of aromatic nitrogens is 2. The third-order valence-electron chi connectivity index (χ3n) is 7.14. The van der Waals surface area contributed by atoms with Crippen LogP contribution in [-0.4, -0.2) is 58.3 Å². The number of aryl methyl sites for hydroxylation is 1. The Hall–Kier alpha value is -3.09. The predicted molar refractivity (Wildman–Crippen MR) is 125 cm³/mol. The van der Waals surface area contributed by atoms with E-state index in [2.05, 4.69) is 17.0 Å². The summed E-state index contributed by atoms with van der Waals surface area (Å²) in [5.41, 5.74) is 2.37. The Morgan fingerprint density at radius 1 is 1.09 bits per heavy atom. The summed E-state index contributed by atoms with van der Waals surface area (Å²) in [4.78, 5) is 21.7. The number of carbonyl (C=O) groups excluding carboxylic acids is 1. The van der Waals surface area contributed by atoms with Gasteiger partial charge in [-0.3, -0.25) is 0 Å². The second kappa shape index (κ2) is 8.69. The third-order valence-corrected chi connectivity index (χ3v) is 7.14. The Morgan fingerprint density at radius 3 is 2.39 bits per heavy atom. The average Bonchev–Trinajstić information content (AvgIpc) is 3.10. The molecule has 5 rings (SSSR count). The van der Waals surface area contributed by atoms with Crippen molar-refractivity contribution in [2.24, 2.45) is 0 Å². The van der Waals surface area contributed by atoms with Gasteiger partial charge in [0.05, 0.1) is 20.1 Å². The van der Waals surface area contributed by atoms with E-state index in [0.29, 0.717) is 11.1 Å². The van der Waals surface area contributed by atoms with Gasteiger partial charge in [-0.2, -0.15) is 0 Å². The van der Waals surface area contributed by atoms with Gasteiger partial charge in [-0.25, -0.2) is 14.8 Å². The number of likely N-dealkylation sites (N-methyl/N-ethyl adjacent to an activating group) is 1. The lowest BCUT2D eigenvalue weighted by Gasteiger charge is -2.41. The first-order chi connectivity index (χ1) is 16.0. The van der Waals surface area contributed by atoms with Gasteiger partial charge in [0.15, 0.2) is 6.10 Å². The van der Waals surface area contributed by atoms with Crippen molar-refractivity contribution in [2.45, 2.75) is 37.4 Å². The van der Waals surface area contributed by atoms with E-state index >= 15 is 0 Å². The number of benzene rings is 2. The molecule has 1 aliphatic carbocycles. The van der Waals surface area contributed by atoms with E-state index in [1.165, 1.54) is 0 Å². The summed E-state index contributed by atoms with van der Waals surface area (Å²) >= 11 is 0. The zero-order chi connectivity index (χ0) is 22.9. The number of hydrogen-bond acceptors (Lipinski definition) is 5. The van der Waals surface area contributed by atoms with Gasteiger partial charge in [-0.15, -0.1) is 0 Å². The highest BCUT2D eigenvalue weighted by atomic mass is 16.6. The maximum atomic E-state index is 13.5. The minimum atomic E-state index is -1.76. The number of quaternary nitrogens is 1. The largest absolute Gasteiger partial charge is 0.454 e. The fraction of sp³-hybridized carbons (Fsp3) is 0.370. The Morgan fingerprint density at radius 2 is 1.73 bits per heavy atom. The van der Waals surface area contributed by atoms with Crippen molar-refractivity contribution in [1.29, 1.82) is 0 Å². The van der Waals surface area contributed by atoms with Crippen molar-refractivity contribution >= 4 is 5.97 Å². The van der Waals surface area contributed by atoms with E-state index in [4.69, 9.17) is 4.74 Å². The molecular weight excluding hydrogens is 414 g/mol. The van der Waals surface area contributed by atoms with E-state index in [0.717, 1.165) is 66.5 Å². The monoisotopic (exact) mass is 444 g/mol. The van der Waals surface area contributed by atoms with Gasteiger partial charge in [0, 0.05) is 36.4 Å². The van der Waals surface area contributed by atoms with Gasteiger partial charge in [-0.1, -0.05) is 48.5 Å². The summed E-state index contributed by atoms with van der Waals surface area (Å²) in [5.74, 6) is -0.570. The highest BCUT2D eigenvalue weighted by molar-refractivity contribution is 5.96. The minimum absolute atomic E-state index is 0.208. The maximum absolute atomic E-state index is 13.5. The molecule has 1 N–H and O–H groups in total. The molecule has 2 atom stereocenters. The number of ether oxygens (including phenoxy) is 1. The highest BCUT2D eigenvalue weighted by Crippen LogP contribution is 2.48. The molecule has 0 amide bonds. The molecule has 6 heteroatoms. The van der Waals surface area contributed by atoms with E-state index in [1.54, 1.807) is 6.33 Å². The molecule has 2 aliphatic rings. The standard InChI is InChI=1S/C27H30N3O3/c1-30(14-6-8-20-16-28-19-29-17-20)15-7-9-21(18-30)33-26(31)27(32)24-12-4-2-10-22(24)23-11-3-5-13-25(23)27/h2-5,10-13,16-17,19,21,32H,6-9,14-15,18H2,1H3/q+1. The second-order valence-corrected chi connectivity index (χ2v) is 9.57. The minimum Gasteiger partial charge on any atom is -0.454 e. The van der Waals surface area contributed by atoms with E-state index in [9.17, 15) is 9.90 Å². The van der Waals surface area contributed by atoms with Gasteiger partial charge in [0.1, 0.15) is 12.9 Å². The van der Waals surface area contributed by atoms with Crippen molar-refractivity contribution in [3.8, 4) is 11.1 Å². The molecule has 2 heterocycles. The van der Waals surface area contributed by atoms with Gasteiger partial charge >= 0.3 is 5.97 Å². The Labute approximate surface area is 194 Å². The SMILES string of the molecule is C[N+]1(CCCc2cncnc2)CCCC(OC(=O)C2(O)c3ccccc3-c3ccccc32)C1. The van der Waals surface area contributed by atoms with Crippen molar-refractivity contribution in [3.63, 3.8) is 0 Å². The zero-order valence-corrected chi connectivity index (χ0v) is 19.0. The summed E-state index contributed by atoms with van der Waals surface area (Å²) in [6.45, 7) is 2.82. The molecule has 6 nitrogen and oxygen atoms in total. The number of piperidine rings is 1. The molecule has 1 aliphatic heterocycles. The zero-order valence-electron chi connectivity index (χ0n) is 19.0. The molecule has 1 saturated heterocycles. The number of aliphatic hydroxyl groups is 1. The first kappa shape index (κ1) is 21.7. The van der Waals surface area contributed by atoms with Crippen LogP contribution in [0.2, 0.25) is 0 Å². The number of nitrogens with zero attached hydrogens (tertiary/aromatic N) is 3. The van der Waals surface area contributed by atoms with Crippen LogP contribution < -0.4 is 0 Å². The quantitative estimate of drug-likeness (QED) is 0.466. The molecule has 1 aromatic heterocycles. The molecule has 33 heavy (non-hydrogen) atoms. The lowest BCUT2D eigenvalue weighted by Crippen LogP contribution is -2.55. The molecule has 3 aromatic rings. The van der Waals surface area contributed by atoms with Crippen LogP contribution in [0.25, 0.3) is 11.1 Å². The average molecular weight is 445 g/mol. The van der Waals surface area contributed by atoms with Crippen LogP contribution in [0.3, 0.4) is 0 Å². The normalized spacial score (nSPS) is 22.9. The van der Waals surface area contributed by atoms with Gasteiger partial charge in [0.25, 0.3) is 0 Å². The molecular formula is C27H30N3O3+. The van der Waals surface area contributed by atoms with Crippen LogP contribution in [0.4, 0.5) is 0 Å². The van der Waals surface area contributed by atoms with E-state index < -0.39 is 11.6 Å². The van der Waals surface area contributed by atoms with Crippen LogP contribution in [0.5, 0.6) is 0 Å². The molecule has 170 valence electrons. The number of likely N-dealkylation sites (tertiary alicyclic amines) is 1. The summed E-state index contributed by atoms with van der Waals surface area (Å²) in [6, 6.07) is 15.1. The lowest BCUT2D eigenvalue weighted by molar-refractivity contribution is -0.917. The number of fused-ring (bicyclic) bond motifs is 3. The molecule has 0 radical (unpaired) electrons. The van der Waals surface area contributed by atoms with Crippen molar-refractivity contribution in [2.75, 3.05) is 26.7 Å². The smallest absolute Gasteiger partial charge is 0.348 e. The Kier molecular flexibility index (Phi) is 5.72. The van der Waals surface area contributed by atoms with E-state index in [1.807, 2.05) is 60.9 Å². The fourth-order valence-electron chi connectivity index (χ4n) is 5.47. The summed E-state index contributed by atoms with van der Waals surface area (Å²) in [6.07, 6.45) is 8.86. The molecule has 1 fully saturated rings. The summed E-state index contributed by atoms with van der Waals surface area (Å²) in [5, 5.41) is 11.7. The Bertz CT molecular complexity index is 1100. The number of carbonyl (C=O) groups is 1.